The number of carboxylic acids is 1. The second-order valence-electron chi connectivity index (χ2n) is 5.37. The van der Waals surface area contributed by atoms with E-state index >= 15 is 0 Å². The molecule has 21 heavy (non-hydrogen) atoms. The van der Waals surface area contributed by atoms with Gasteiger partial charge in [-0.25, -0.2) is 4.79 Å². The van der Waals surface area contributed by atoms with Gasteiger partial charge in [0.05, 0.1) is 4.92 Å². The van der Waals surface area contributed by atoms with Gasteiger partial charge in [-0.1, -0.05) is 31.9 Å². The van der Waals surface area contributed by atoms with E-state index in [0.29, 0.717) is 18.2 Å². The summed E-state index contributed by atoms with van der Waals surface area (Å²) >= 11 is 0. The molecule has 1 N–H and O–H groups in total. The van der Waals surface area contributed by atoms with E-state index in [1.165, 1.54) is 18.9 Å². The molecule has 0 aromatic heterocycles. The number of rotatable bonds is 6. The molecule has 0 atom stereocenters. The molecule has 1 aromatic rings. The zero-order valence-electron chi connectivity index (χ0n) is 12.1. The molecule has 0 heterocycles. The lowest BCUT2D eigenvalue weighted by Crippen LogP contribution is -2.33. The highest BCUT2D eigenvalue weighted by Gasteiger charge is 2.27. The van der Waals surface area contributed by atoms with Crippen LogP contribution in [0.25, 0.3) is 0 Å². The lowest BCUT2D eigenvalue weighted by atomic mass is 10.0. The molecule has 0 aliphatic heterocycles. The van der Waals surface area contributed by atoms with Gasteiger partial charge in [0.2, 0.25) is 0 Å². The second kappa shape index (κ2) is 6.67. The van der Waals surface area contributed by atoms with E-state index in [-0.39, 0.29) is 11.3 Å². The Hall–Kier alpha value is -1.95. The Labute approximate surface area is 123 Å². The number of nitro benzene ring substituents is 1. The molecule has 1 fully saturated rings. The first-order valence-electron chi connectivity index (χ1n) is 7.28. The average Bonchev–Trinajstić information content (AvgIpc) is 2.98. The van der Waals surface area contributed by atoms with Crippen molar-refractivity contribution in [3.05, 3.63) is 39.4 Å². The van der Waals surface area contributed by atoms with Crippen LogP contribution in [0.1, 0.15) is 48.5 Å². The number of carboxylic acid groups (broad SMARTS) is 1. The summed E-state index contributed by atoms with van der Waals surface area (Å²) in [5.41, 5.74) is 0.00636. The zero-order chi connectivity index (χ0) is 15.4. The summed E-state index contributed by atoms with van der Waals surface area (Å²) in [7, 11) is 0. The topological polar surface area (TPSA) is 83.7 Å². The van der Waals surface area contributed by atoms with Crippen LogP contribution in [-0.2, 0) is 6.54 Å². The molecule has 2 rings (SSSR count). The summed E-state index contributed by atoms with van der Waals surface area (Å²) in [5, 5.41) is 20.3. The minimum absolute atomic E-state index is 0.182. The number of hydrogen-bond acceptors (Lipinski definition) is 4. The average molecular weight is 292 g/mol. The molecule has 1 aliphatic rings. The van der Waals surface area contributed by atoms with Crippen LogP contribution in [-0.4, -0.2) is 33.5 Å². The van der Waals surface area contributed by atoms with Gasteiger partial charge in [0, 0.05) is 18.7 Å². The van der Waals surface area contributed by atoms with Gasteiger partial charge in [0.25, 0.3) is 5.69 Å². The van der Waals surface area contributed by atoms with E-state index in [1.807, 2.05) is 6.92 Å². The summed E-state index contributed by atoms with van der Waals surface area (Å²) in [6.07, 6.45) is 4.63. The van der Waals surface area contributed by atoms with Crippen molar-refractivity contribution in [2.45, 2.75) is 45.2 Å². The number of aromatic carboxylic acids is 1. The first-order chi connectivity index (χ1) is 10.0. The van der Waals surface area contributed by atoms with Crippen LogP contribution in [0.15, 0.2) is 18.2 Å². The quantitative estimate of drug-likeness (QED) is 0.643. The Kier molecular flexibility index (Phi) is 4.90. The van der Waals surface area contributed by atoms with Gasteiger partial charge in [0.1, 0.15) is 5.56 Å². The Morgan fingerprint density at radius 2 is 2.10 bits per heavy atom. The molecule has 0 spiro atoms. The number of benzene rings is 1. The molecule has 6 heteroatoms. The third-order valence-electron chi connectivity index (χ3n) is 4.16. The van der Waals surface area contributed by atoms with Crippen molar-refractivity contribution in [2.75, 3.05) is 6.54 Å². The molecule has 0 saturated heterocycles. The van der Waals surface area contributed by atoms with Crippen molar-refractivity contribution in [1.82, 2.24) is 4.90 Å². The van der Waals surface area contributed by atoms with Crippen LogP contribution in [0, 0.1) is 10.1 Å². The van der Waals surface area contributed by atoms with E-state index in [9.17, 15) is 20.0 Å². The van der Waals surface area contributed by atoms with Gasteiger partial charge in [-0.15, -0.1) is 0 Å². The van der Waals surface area contributed by atoms with Gasteiger partial charge in [-0.05, 0) is 24.9 Å². The Morgan fingerprint density at radius 3 is 2.62 bits per heavy atom. The Bertz CT molecular complexity index is 538. The van der Waals surface area contributed by atoms with E-state index in [4.69, 9.17) is 0 Å². The van der Waals surface area contributed by atoms with Crippen molar-refractivity contribution in [2.24, 2.45) is 0 Å². The molecule has 0 bridgehead atoms. The highest BCUT2D eigenvalue weighted by Crippen LogP contribution is 2.28. The number of nitro groups is 1. The maximum absolute atomic E-state index is 11.4. The predicted octanol–water partition coefficient (Wildman–Crippen LogP) is 3.06. The summed E-state index contributed by atoms with van der Waals surface area (Å²) in [4.78, 5) is 24.0. The number of carbonyl (C=O) groups is 1. The first-order valence-corrected chi connectivity index (χ1v) is 7.28. The van der Waals surface area contributed by atoms with E-state index < -0.39 is 10.9 Å². The van der Waals surface area contributed by atoms with Crippen molar-refractivity contribution in [3.63, 3.8) is 0 Å². The highest BCUT2D eigenvalue weighted by atomic mass is 16.6. The lowest BCUT2D eigenvalue weighted by Gasteiger charge is -2.27. The van der Waals surface area contributed by atoms with Crippen molar-refractivity contribution < 1.29 is 14.8 Å². The fraction of sp³-hybridized carbons (Fsp3) is 0.533. The number of nitrogens with zero attached hydrogens (tertiary/aromatic N) is 2. The largest absolute Gasteiger partial charge is 0.477 e. The maximum atomic E-state index is 11.4. The molecule has 0 radical (unpaired) electrons. The van der Waals surface area contributed by atoms with E-state index in [1.54, 1.807) is 12.1 Å². The van der Waals surface area contributed by atoms with Crippen molar-refractivity contribution in [3.8, 4) is 0 Å². The van der Waals surface area contributed by atoms with Crippen LogP contribution in [0.4, 0.5) is 5.69 Å². The monoisotopic (exact) mass is 292 g/mol. The van der Waals surface area contributed by atoms with Crippen molar-refractivity contribution >= 4 is 11.7 Å². The predicted molar refractivity (Wildman–Crippen MR) is 78.4 cm³/mol. The fourth-order valence-corrected chi connectivity index (χ4v) is 3.10. The van der Waals surface area contributed by atoms with Gasteiger partial charge < -0.3 is 5.11 Å². The third-order valence-corrected chi connectivity index (χ3v) is 4.16. The fourth-order valence-electron chi connectivity index (χ4n) is 3.10. The molecular weight excluding hydrogens is 272 g/mol. The SMILES string of the molecule is CCN(Cc1cccc([N+](=O)[O-])c1C(=O)O)C1CCCC1. The lowest BCUT2D eigenvalue weighted by molar-refractivity contribution is -0.385. The van der Waals surface area contributed by atoms with Crippen molar-refractivity contribution in [1.29, 1.82) is 0 Å². The Balaban J connectivity index is 2.31. The van der Waals surface area contributed by atoms with Gasteiger partial charge in [-0.3, -0.25) is 15.0 Å². The number of hydrogen-bond donors (Lipinski definition) is 1. The molecule has 114 valence electrons. The summed E-state index contributed by atoms with van der Waals surface area (Å²) in [5.74, 6) is -1.24. The zero-order valence-corrected chi connectivity index (χ0v) is 12.1. The third kappa shape index (κ3) is 3.39. The van der Waals surface area contributed by atoms with Crippen LogP contribution in [0.2, 0.25) is 0 Å². The minimum Gasteiger partial charge on any atom is -0.477 e. The summed E-state index contributed by atoms with van der Waals surface area (Å²) in [6.45, 7) is 3.30. The molecule has 0 unspecified atom stereocenters. The normalized spacial score (nSPS) is 15.5. The molecule has 0 amide bonds. The van der Waals surface area contributed by atoms with Crippen LogP contribution >= 0.6 is 0 Å². The summed E-state index contributed by atoms with van der Waals surface area (Å²) < 4.78 is 0. The molecule has 6 nitrogen and oxygen atoms in total. The highest BCUT2D eigenvalue weighted by molar-refractivity contribution is 5.94. The standard InChI is InChI=1S/C15H20N2O4/c1-2-16(12-7-3-4-8-12)10-11-6-5-9-13(17(20)21)14(11)15(18)19/h5-6,9,12H,2-4,7-8,10H2,1H3,(H,18,19). The molecule has 1 aromatic carbocycles. The van der Waals surface area contributed by atoms with Crippen LogP contribution in [0.5, 0.6) is 0 Å². The van der Waals surface area contributed by atoms with Gasteiger partial charge >= 0.3 is 5.97 Å². The van der Waals surface area contributed by atoms with E-state index in [0.717, 1.165) is 19.4 Å². The molecule has 1 aliphatic carbocycles. The molecule has 1 saturated carbocycles. The maximum Gasteiger partial charge on any atom is 0.343 e. The summed E-state index contributed by atoms with van der Waals surface area (Å²) in [6, 6.07) is 4.94. The second-order valence-corrected chi connectivity index (χ2v) is 5.37. The smallest absolute Gasteiger partial charge is 0.343 e. The van der Waals surface area contributed by atoms with E-state index in [2.05, 4.69) is 4.90 Å². The molecular formula is C15H20N2O4. The van der Waals surface area contributed by atoms with Crippen LogP contribution < -0.4 is 0 Å². The van der Waals surface area contributed by atoms with Crippen LogP contribution in [0.3, 0.4) is 0 Å². The Morgan fingerprint density at radius 1 is 1.43 bits per heavy atom. The van der Waals surface area contributed by atoms with Gasteiger partial charge in [0.15, 0.2) is 0 Å². The minimum atomic E-state index is -1.24. The first kappa shape index (κ1) is 15.4. The van der Waals surface area contributed by atoms with Gasteiger partial charge in [-0.2, -0.15) is 0 Å².